The van der Waals surface area contributed by atoms with Gasteiger partial charge in [0.2, 0.25) is 5.91 Å². The van der Waals surface area contributed by atoms with Crippen LogP contribution < -0.4 is 10.5 Å². The molecule has 0 saturated carbocycles. The first-order valence-corrected chi connectivity index (χ1v) is 6.38. The van der Waals surface area contributed by atoms with Crippen LogP contribution in [0.4, 0.5) is 0 Å². The molecule has 0 fully saturated rings. The third-order valence-electron chi connectivity index (χ3n) is 2.97. The molecule has 0 unspecified atom stereocenters. The Morgan fingerprint density at radius 1 is 1.05 bits per heavy atom. The van der Waals surface area contributed by atoms with Crippen LogP contribution in [0.15, 0.2) is 48.5 Å². The number of hydrogen-bond donors (Lipinski definition) is 2. The van der Waals surface area contributed by atoms with E-state index in [1.165, 1.54) is 0 Å². The third kappa shape index (κ3) is 3.82. The lowest BCUT2D eigenvalue weighted by molar-refractivity contribution is -0.139. The van der Waals surface area contributed by atoms with E-state index in [-0.39, 0.29) is 0 Å². The van der Waals surface area contributed by atoms with Crippen molar-refractivity contribution in [2.45, 2.75) is 6.42 Å². The molecule has 0 aliphatic rings. The van der Waals surface area contributed by atoms with E-state index < -0.39 is 18.5 Å². The molecule has 0 spiro atoms. The highest BCUT2D eigenvalue weighted by molar-refractivity contribution is 5.95. The zero-order valence-electron chi connectivity index (χ0n) is 11.3. The van der Waals surface area contributed by atoms with Gasteiger partial charge in [-0.15, -0.1) is 0 Å². The first kappa shape index (κ1) is 14.6. The first-order valence-electron chi connectivity index (χ1n) is 6.38. The standard InChI is InChI=1S/C16H15NO4/c17-16(20)12-7-4-8-14(21-10-15(18)19)13(12)9-11-5-2-1-3-6-11/h1-8H,9-10H2,(H2,17,20)(H,18,19). The van der Waals surface area contributed by atoms with Gasteiger partial charge in [0.05, 0.1) is 0 Å². The van der Waals surface area contributed by atoms with Crippen molar-refractivity contribution in [3.8, 4) is 5.75 Å². The van der Waals surface area contributed by atoms with Gasteiger partial charge in [-0.25, -0.2) is 4.79 Å². The second-order valence-electron chi connectivity index (χ2n) is 4.49. The lowest BCUT2D eigenvalue weighted by atomic mass is 9.98. The highest BCUT2D eigenvalue weighted by Gasteiger charge is 2.15. The average Bonchev–Trinajstić information content (AvgIpc) is 2.46. The molecule has 0 aliphatic heterocycles. The van der Waals surface area contributed by atoms with Crippen molar-refractivity contribution in [2.75, 3.05) is 6.61 Å². The van der Waals surface area contributed by atoms with Crippen LogP contribution in [0.25, 0.3) is 0 Å². The highest BCUT2D eigenvalue weighted by Crippen LogP contribution is 2.25. The average molecular weight is 285 g/mol. The van der Waals surface area contributed by atoms with Crippen LogP contribution in [0.2, 0.25) is 0 Å². The van der Waals surface area contributed by atoms with Crippen molar-refractivity contribution in [1.82, 2.24) is 0 Å². The number of carboxylic acids is 1. The number of nitrogens with two attached hydrogens (primary N) is 1. The van der Waals surface area contributed by atoms with Crippen LogP contribution in [0.3, 0.4) is 0 Å². The Morgan fingerprint density at radius 3 is 2.38 bits per heavy atom. The molecule has 2 aromatic carbocycles. The summed E-state index contributed by atoms with van der Waals surface area (Å²) < 4.78 is 5.25. The molecule has 5 heteroatoms. The van der Waals surface area contributed by atoms with Crippen LogP contribution in [-0.2, 0) is 11.2 Å². The summed E-state index contributed by atoms with van der Waals surface area (Å²) in [6.45, 7) is -0.468. The number of carbonyl (C=O) groups is 2. The Kier molecular flexibility index (Phi) is 4.56. The summed E-state index contributed by atoms with van der Waals surface area (Å²) in [7, 11) is 0. The van der Waals surface area contributed by atoms with Crippen molar-refractivity contribution in [3.05, 3.63) is 65.2 Å². The predicted octanol–water partition coefficient (Wildman–Crippen LogP) is 1.84. The van der Waals surface area contributed by atoms with Crippen LogP contribution in [0.5, 0.6) is 5.75 Å². The fourth-order valence-electron chi connectivity index (χ4n) is 2.05. The molecular weight excluding hydrogens is 270 g/mol. The Morgan fingerprint density at radius 2 is 1.76 bits per heavy atom. The van der Waals surface area contributed by atoms with Gasteiger partial charge in [-0.1, -0.05) is 36.4 Å². The van der Waals surface area contributed by atoms with Crippen molar-refractivity contribution in [3.63, 3.8) is 0 Å². The van der Waals surface area contributed by atoms with Gasteiger partial charge in [0.25, 0.3) is 0 Å². The lowest BCUT2D eigenvalue weighted by Gasteiger charge is -2.13. The maximum absolute atomic E-state index is 11.6. The summed E-state index contributed by atoms with van der Waals surface area (Å²) in [6.07, 6.45) is 0.439. The Bertz CT molecular complexity index is 653. The van der Waals surface area contributed by atoms with Gasteiger partial charge < -0.3 is 15.6 Å². The minimum atomic E-state index is -1.08. The number of amides is 1. The molecule has 0 heterocycles. The molecule has 0 aromatic heterocycles. The van der Waals surface area contributed by atoms with E-state index in [9.17, 15) is 9.59 Å². The first-order chi connectivity index (χ1) is 10.1. The van der Waals surface area contributed by atoms with E-state index >= 15 is 0 Å². The van der Waals surface area contributed by atoms with Gasteiger partial charge in [-0.3, -0.25) is 4.79 Å². The smallest absolute Gasteiger partial charge is 0.341 e. The van der Waals surface area contributed by atoms with E-state index in [1.807, 2.05) is 30.3 Å². The topological polar surface area (TPSA) is 89.6 Å². The molecular formula is C16H15NO4. The maximum atomic E-state index is 11.6. The molecule has 2 aromatic rings. The number of aliphatic carboxylic acids is 1. The van der Waals surface area contributed by atoms with Gasteiger partial charge in [-0.05, 0) is 17.7 Å². The number of benzene rings is 2. The molecule has 0 bridgehead atoms. The third-order valence-corrected chi connectivity index (χ3v) is 2.97. The summed E-state index contributed by atoms with van der Waals surface area (Å²) in [4.78, 5) is 22.2. The number of rotatable bonds is 6. The largest absolute Gasteiger partial charge is 0.482 e. The molecule has 21 heavy (non-hydrogen) atoms. The minimum absolute atomic E-state index is 0.335. The van der Waals surface area contributed by atoms with E-state index in [1.54, 1.807) is 18.2 Å². The molecule has 108 valence electrons. The summed E-state index contributed by atoms with van der Waals surface area (Å²) in [5, 5.41) is 8.72. The molecule has 0 aliphatic carbocycles. The molecule has 2 rings (SSSR count). The molecule has 0 saturated heterocycles. The highest BCUT2D eigenvalue weighted by atomic mass is 16.5. The molecule has 0 radical (unpaired) electrons. The van der Waals surface area contributed by atoms with Gasteiger partial charge in [0.15, 0.2) is 6.61 Å². The quantitative estimate of drug-likeness (QED) is 0.847. The summed E-state index contributed by atoms with van der Waals surface area (Å²) >= 11 is 0. The predicted molar refractivity (Wildman–Crippen MR) is 77.3 cm³/mol. The van der Waals surface area contributed by atoms with E-state index in [0.717, 1.165) is 5.56 Å². The van der Waals surface area contributed by atoms with Crippen LogP contribution >= 0.6 is 0 Å². The summed E-state index contributed by atoms with van der Waals surface area (Å²) in [6, 6.07) is 14.4. The number of ether oxygens (including phenoxy) is 1. The fourth-order valence-corrected chi connectivity index (χ4v) is 2.05. The van der Waals surface area contributed by atoms with Crippen LogP contribution in [-0.4, -0.2) is 23.6 Å². The van der Waals surface area contributed by atoms with Gasteiger partial charge >= 0.3 is 5.97 Å². The molecule has 1 amide bonds. The zero-order valence-corrected chi connectivity index (χ0v) is 11.3. The minimum Gasteiger partial charge on any atom is -0.482 e. The van der Waals surface area contributed by atoms with Crippen molar-refractivity contribution >= 4 is 11.9 Å². The van der Waals surface area contributed by atoms with Crippen LogP contribution in [0, 0.1) is 0 Å². The normalized spacial score (nSPS) is 10.1. The van der Waals surface area contributed by atoms with Crippen molar-refractivity contribution < 1.29 is 19.4 Å². The molecule has 0 atom stereocenters. The number of carbonyl (C=O) groups excluding carboxylic acids is 1. The second-order valence-corrected chi connectivity index (χ2v) is 4.49. The molecule has 5 nitrogen and oxygen atoms in total. The van der Waals surface area contributed by atoms with E-state index in [4.69, 9.17) is 15.6 Å². The summed E-state index contributed by atoms with van der Waals surface area (Å²) in [5.74, 6) is -1.29. The van der Waals surface area contributed by atoms with Gasteiger partial charge in [0.1, 0.15) is 5.75 Å². The number of carboxylic acid groups (broad SMARTS) is 1. The van der Waals surface area contributed by atoms with Gasteiger partial charge in [-0.2, -0.15) is 0 Å². The lowest BCUT2D eigenvalue weighted by Crippen LogP contribution is -2.16. The van der Waals surface area contributed by atoms with Gasteiger partial charge in [0, 0.05) is 17.5 Å². The fraction of sp³-hybridized carbons (Fsp3) is 0.125. The van der Waals surface area contributed by atoms with E-state index in [2.05, 4.69) is 0 Å². The van der Waals surface area contributed by atoms with Crippen LogP contribution in [0.1, 0.15) is 21.5 Å². The molecule has 3 N–H and O–H groups in total. The van der Waals surface area contributed by atoms with Crippen molar-refractivity contribution in [1.29, 1.82) is 0 Å². The SMILES string of the molecule is NC(=O)c1cccc(OCC(=O)O)c1Cc1ccccc1. The zero-order chi connectivity index (χ0) is 15.2. The maximum Gasteiger partial charge on any atom is 0.341 e. The Labute approximate surface area is 122 Å². The Hall–Kier alpha value is -2.82. The van der Waals surface area contributed by atoms with E-state index in [0.29, 0.717) is 23.3 Å². The monoisotopic (exact) mass is 285 g/mol. The second kappa shape index (κ2) is 6.56. The Balaban J connectivity index is 2.38. The van der Waals surface area contributed by atoms with Crippen molar-refractivity contribution in [2.24, 2.45) is 5.73 Å². The number of hydrogen-bond acceptors (Lipinski definition) is 3. The summed E-state index contributed by atoms with van der Waals surface area (Å²) in [5.41, 5.74) is 7.29. The number of primary amides is 1.